The number of anilines is 1. The number of hydrogen-bond acceptors (Lipinski definition) is 8. The van der Waals surface area contributed by atoms with E-state index in [1.54, 1.807) is 37.6 Å². The van der Waals surface area contributed by atoms with Gasteiger partial charge in [0.15, 0.2) is 0 Å². The molecule has 0 atom stereocenters. The summed E-state index contributed by atoms with van der Waals surface area (Å²) in [6.07, 6.45) is 4.40. The minimum absolute atomic E-state index is 0.0141. The van der Waals surface area contributed by atoms with E-state index in [0.29, 0.717) is 17.1 Å². The number of ether oxygens (including phenoxy) is 2. The summed E-state index contributed by atoms with van der Waals surface area (Å²) in [5, 5.41) is 1.70. The molecule has 4 rings (SSSR count). The Morgan fingerprint density at radius 1 is 1.22 bits per heavy atom. The number of nitrogens with one attached hydrogen (secondary N) is 1. The van der Waals surface area contributed by atoms with Crippen molar-refractivity contribution in [3.8, 4) is 5.75 Å². The Kier molecular flexibility index (Phi) is 6.43. The summed E-state index contributed by atoms with van der Waals surface area (Å²) in [4.78, 5) is 20.0. The van der Waals surface area contributed by atoms with E-state index < -0.39 is 16.0 Å². The predicted molar refractivity (Wildman–Crippen MR) is 121 cm³/mol. The Hall–Kier alpha value is -2.98. The molecule has 0 aliphatic heterocycles. The zero-order valence-corrected chi connectivity index (χ0v) is 19.4. The number of carbonyl (C=O) groups is 1. The molecule has 1 N–H and O–H groups in total. The Labute approximate surface area is 190 Å². The second-order valence-corrected chi connectivity index (χ2v) is 10.1. The maximum absolute atomic E-state index is 12.8. The molecular formula is C22H23N3O5S2. The highest BCUT2D eigenvalue weighted by Crippen LogP contribution is 2.35. The van der Waals surface area contributed by atoms with Crippen molar-refractivity contribution in [1.82, 2.24) is 9.97 Å². The van der Waals surface area contributed by atoms with Gasteiger partial charge in [-0.05, 0) is 62.4 Å². The van der Waals surface area contributed by atoms with E-state index in [2.05, 4.69) is 14.7 Å². The van der Waals surface area contributed by atoms with Gasteiger partial charge >= 0.3 is 5.97 Å². The van der Waals surface area contributed by atoms with Crippen LogP contribution in [0.25, 0.3) is 0 Å². The molecular weight excluding hydrogens is 450 g/mol. The molecule has 32 heavy (non-hydrogen) atoms. The van der Waals surface area contributed by atoms with E-state index in [-0.39, 0.29) is 23.2 Å². The normalized spacial score (nSPS) is 12.9. The first-order valence-corrected chi connectivity index (χ1v) is 12.6. The summed E-state index contributed by atoms with van der Waals surface area (Å²) in [5.74, 6) is -0.0373. The maximum Gasteiger partial charge on any atom is 0.356 e. The van der Waals surface area contributed by atoms with Crippen molar-refractivity contribution >= 4 is 33.0 Å². The van der Waals surface area contributed by atoms with Crippen LogP contribution in [0.15, 0.2) is 40.2 Å². The van der Waals surface area contributed by atoms with Gasteiger partial charge in [-0.1, -0.05) is 6.07 Å². The van der Waals surface area contributed by atoms with Crippen LogP contribution >= 0.6 is 11.3 Å². The lowest BCUT2D eigenvalue weighted by atomic mass is 10.1. The molecule has 0 bridgehead atoms. The molecule has 0 radical (unpaired) electrons. The Balaban J connectivity index is 1.55. The molecule has 0 saturated heterocycles. The summed E-state index contributed by atoms with van der Waals surface area (Å²) in [6, 6.07) is 7.05. The number of aryl methyl sites for hydroxylation is 3. The first-order chi connectivity index (χ1) is 15.4. The van der Waals surface area contributed by atoms with Gasteiger partial charge in [0, 0.05) is 22.8 Å². The van der Waals surface area contributed by atoms with Gasteiger partial charge in [0.1, 0.15) is 18.1 Å². The molecule has 2 heterocycles. The first-order valence-electron chi connectivity index (χ1n) is 10.2. The molecule has 8 nitrogen and oxygen atoms in total. The third kappa shape index (κ3) is 4.91. The van der Waals surface area contributed by atoms with Gasteiger partial charge in [-0.3, -0.25) is 4.72 Å². The van der Waals surface area contributed by atoms with Gasteiger partial charge in [0.2, 0.25) is 4.34 Å². The lowest BCUT2D eigenvalue weighted by molar-refractivity contribution is 0.0519. The molecule has 1 aliphatic carbocycles. The molecule has 3 aromatic rings. The monoisotopic (exact) mass is 473 g/mol. The van der Waals surface area contributed by atoms with E-state index in [4.69, 9.17) is 9.47 Å². The van der Waals surface area contributed by atoms with Crippen LogP contribution in [0, 0.1) is 6.92 Å². The molecule has 0 amide bonds. The number of hydrogen-bond donors (Lipinski definition) is 1. The average molecular weight is 474 g/mol. The van der Waals surface area contributed by atoms with Crippen LogP contribution in [0.2, 0.25) is 0 Å². The lowest BCUT2D eigenvalue weighted by Crippen LogP contribution is -2.14. The number of rotatable bonds is 8. The summed E-state index contributed by atoms with van der Waals surface area (Å²) >= 11 is 1.08. The van der Waals surface area contributed by atoms with Gasteiger partial charge < -0.3 is 9.47 Å². The van der Waals surface area contributed by atoms with Crippen LogP contribution in [0.3, 0.4) is 0 Å². The van der Waals surface area contributed by atoms with E-state index >= 15 is 0 Å². The van der Waals surface area contributed by atoms with E-state index in [1.165, 1.54) is 0 Å². The van der Waals surface area contributed by atoms with E-state index in [1.807, 2.05) is 12.1 Å². The van der Waals surface area contributed by atoms with Crippen LogP contribution in [0.1, 0.15) is 46.2 Å². The van der Waals surface area contributed by atoms with Gasteiger partial charge in [0.25, 0.3) is 10.0 Å². The SMILES string of the molecule is CCOC(=O)c1ccc(COc2cc3c(cc2NS(=O)(=O)c2nc(C)cs2)CCC3)cn1. The molecule has 0 saturated carbocycles. The average Bonchev–Trinajstić information content (AvgIpc) is 3.41. The Bertz CT molecular complexity index is 1240. The van der Waals surface area contributed by atoms with Crippen LogP contribution in [0.4, 0.5) is 5.69 Å². The number of nitrogens with zero attached hydrogens (tertiary/aromatic N) is 2. The molecule has 2 aromatic heterocycles. The summed E-state index contributed by atoms with van der Waals surface area (Å²) < 4.78 is 39.2. The summed E-state index contributed by atoms with van der Waals surface area (Å²) in [7, 11) is -3.82. The third-order valence-corrected chi connectivity index (χ3v) is 7.71. The zero-order valence-electron chi connectivity index (χ0n) is 17.8. The number of thiazole rings is 1. The molecule has 0 unspecified atom stereocenters. The second kappa shape index (κ2) is 9.25. The van der Waals surface area contributed by atoms with Crippen LogP contribution in [-0.4, -0.2) is 31.0 Å². The minimum atomic E-state index is -3.82. The van der Waals surface area contributed by atoms with Crippen molar-refractivity contribution in [3.63, 3.8) is 0 Å². The largest absolute Gasteiger partial charge is 0.487 e. The molecule has 0 fully saturated rings. The van der Waals surface area contributed by atoms with Crippen molar-refractivity contribution in [2.24, 2.45) is 0 Å². The summed E-state index contributed by atoms with van der Waals surface area (Å²) in [5.41, 5.74) is 4.27. The van der Waals surface area contributed by atoms with Crippen molar-refractivity contribution < 1.29 is 22.7 Å². The Morgan fingerprint density at radius 2 is 2.00 bits per heavy atom. The van der Waals surface area contributed by atoms with Crippen LogP contribution in [0.5, 0.6) is 5.75 Å². The number of sulfonamides is 1. The van der Waals surface area contributed by atoms with Crippen LogP contribution < -0.4 is 9.46 Å². The summed E-state index contributed by atoms with van der Waals surface area (Å²) in [6.45, 7) is 3.93. The highest BCUT2D eigenvalue weighted by Gasteiger charge is 2.23. The standard InChI is InChI=1S/C22H23N3O5S2/c1-3-29-21(26)18-8-7-15(11-23-18)12-30-20-10-17-6-4-5-16(17)9-19(20)25-32(27,28)22-24-14(2)13-31-22/h7-11,13,25H,3-6,12H2,1-2H3. The molecule has 0 spiro atoms. The van der Waals surface area contributed by atoms with E-state index in [9.17, 15) is 13.2 Å². The van der Waals surface area contributed by atoms with Crippen molar-refractivity contribution in [1.29, 1.82) is 0 Å². The molecule has 10 heteroatoms. The first kappa shape index (κ1) is 22.2. The second-order valence-electron chi connectivity index (χ2n) is 7.39. The van der Waals surface area contributed by atoms with Crippen molar-refractivity contribution in [3.05, 3.63) is 63.9 Å². The minimum Gasteiger partial charge on any atom is -0.487 e. The van der Waals surface area contributed by atoms with Gasteiger partial charge in [-0.2, -0.15) is 8.42 Å². The number of esters is 1. The van der Waals surface area contributed by atoms with Gasteiger partial charge in [-0.15, -0.1) is 11.3 Å². The quantitative estimate of drug-likeness (QED) is 0.495. The third-order valence-electron chi connectivity index (χ3n) is 4.97. The molecule has 168 valence electrons. The Morgan fingerprint density at radius 3 is 2.66 bits per heavy atom. The molecule has 1 aliphatic rings. The number of carbonyl (C=O) groups excluding carboxylic acids is 1. The number of benzene rings is 1. The number of fused-ring (bicyclic) bond motifs is 1. The fourth-order valence-corrected chi connectivity index (χ4v) is 5.54. The van der Waals surface area contributed by atoms with Gasteiger partial charge in [0.05, 0.1) is 12.3 Å². The topological polar surface area (TPSA) is 107 Å². The maximum atomic E-state index is 12.8. The van der Waals surface area contributed by atoms with Crippen molar-refractivity contribution in [2.75, 3.05) is 11.3 Å². The molecule has 1 aromatic carbocycles. The number of pyridine rings is 1. The highest BCUT2D eigenvalue weighted by atomic mass is 32.2. The lowest BCUT2D eigenvalue weighted by Gasteiger charge is -2.15. The zero-order chi connectivity index (χ0) is 22.7. The predicted octanol–water partition coefficient (Wildman–Crippen LogP) is 3.89. The smallest absolute Gasteiger partial charge is 0.356 e. The van der Waals surface area contributed by atoms with Crippen LogP contribution in [-0.2, 0) is 34.2 Å². The van der Waals surface area contributed by atoms with E-state index in [0.717, 1.165) is 47.3 Å². The fourth-order valence-electron chi connectivity index (χ4n) is 3.44. The van der Waals surface area contributed by atoms with Gasteiger partial charge in [-0.25, -0.2) is 14.8 Å². The fraction of sp³-hybridized carbons (Fsp3) is 0.318. The van der Waals surface area contributed by atoms with Crippen molar-refractivity contribution in [2.45, 2.75) is 44.1 Å². The highest BCUT2D eigenvalue weighted by molar-refractivity contribution is 7.94. The number of aromatic nitrogens is 2.